The van der Waals surface area contributed by atoms with E-state index in [1.54, 1.807) is 11.3 Å². The van der Waals surface area contributed by atoms with Crippen LogP contribution < -0.4 is 10.6 Å². The van der Waals surface area contributed by atoms with Gasteiger partial charge in [-0.25, -0.2) is 0 Å². The number of rotatable bonds is 8. The number of likely N-dealkylation sites (N-methyl/N-ethyl adjacent to an activating group) is 1. The molecule has 2 amide bonds. The van der Waals surface area contributed by atoms with Crippen LogP contribution in [0.2, 0.25) is 0 Å². The molecule has 142 valence electrons. The number of nitriles is 1. The van der Waals surface area contributed by atoms with E-state index in [2.05, 4.69) is 16.7 Å². The Morgan fingerprint density at radius 2 is 2.00 bits per heavy atom. The number of carbonyl (C=O) groups excluding carboxylic acids is 2. The van der Waals surface area contributed by atoms with E-state index in [0.717, 1.165) is 37.7 Å². The maximum absolute atomic E-state index is 12.3. The summed E-state index contributed by atoms with van der Waals surface area (Å²) >= 11 is 1.55. The summed E-state index contributed by atoms with van der Waals surface area (Å²) in [7, 11) is 1.83. The van der Waals surface area contributed by atoms with Crippen molar-refractivity contribution in [3.63, 3.8) is 0 Å². The molecule has 2 N–H and O–H groups in total. The highest BCUT2D eigenvalue weighted by Crippen LogP contribution is 2.36. The number of aryl methyl sites for hydroxylation is 1. The second-order valence-electron chi connectivity index (χ2n) is 6.77. The molecule has 0 saturated carbocycles. The Labute approximate surface area is 159 Å². The lowest BCUT2D eigenvalue weighted by Crippen LogP contribution is -2.36. The molecular formula is C19H28N4O2S. The first-order valence-electron chi connectivity index (χ1n) is 9.34. The highest BCUT2D eigenvalue weighted by molar-refractivity contribution is 7.16. The number of thiophene rings is 1. The molecule has 2 rings (SSSR count). The molecule has 1 aromatic rings. The van der Waals surface area contributed by atoms with Crippen molar-refractivity contribution in [1.29, 1.82) is 5.26 Å². The molecule has 1 heterocycles. The van der Waals surface area contributed by atoms with E-state index < -0.39 is 0 Å². The van der Waals surface area contributed by atoms with E-state index in [4.69, 9.17) is 0 Å². The van der Waals surface area contributed by atoms with Gasteiger partial charge in [0.15, 0.2) is 0 Å². The maximum Gasteiger partial charge on any atom is 0.234 e. The van der Waals surface area contributed by atoms with Crippen molar-refractivity contribution in [1.82, 2.24) is 10.2 Å². The quantitative estimate of drug-likeness (QED) is 0.683. The molecule has 1 aliphatic rings. The third-order valence-corrected chi connectivity index (χ3v) is 5.70. The van der Waals surface area contributed by atoms with E-state index in [1.807, 2.05) is 18.9 Å². The highest BCUT2D eigenvalue weighted by atomic mass is 32.1. The van der Waals surface area contributed by atoms with E-state index in [1.165, 1.54) is 11.3 Å². The number of nitrogens with one attached hydrogen (secondary N) is 2. The molecule has 0 fully saturated rings. The van der Waals surface area contributed by atoms with Crippen LogP contribution in [-0.2, 0) is 22.4 Å². The summed E-state index contributed by atoms with van der Waals surface area (Å²) in [6.07, 6.45) is 6.59. The first-order chi connectivity index (χ1) is 12.5. The van der Waals surface area contributed by atoms with Crippen LogP contribution in [0.4, 0.5) is 5.00 Å². The van der Waals surface area contributed by atoms with Gasteiger partial charge in [0.25, 0.3) is 0 Å². The lowest BCUT2D eigenvalue weighted by Gasteiger charge is -2.15. The van der Waals surface area contributed by atoms with Gasteiger partial charge in [0, 0.05) is 24.4 Å². The summed E-state index contributed by atoms with van der Waals surface area (Å²) in [5.74, 6) is -0.137. The Kier molecular flexibility index (Phi) is 8.07. The molecule has 0 unspecified atom stereocenters. The van der Waals surface area contributed by atoms with Crippen molar-refractivity contribution < 1.29 is 9.59 Å². The lowest BCUT2D eigenvalue weighted by atomic mass is 10.1. The van der Waals surface area contributed by atoms with Crippen LogP contribution in [0.1, 0.15) is 55.0 Å². The predicted molar refractivity (Wildman–Crippen MR) is 104 cm³/mol. The minimum Gasteiger partial charge on any atom is -0.355 e. The molecule has 0 bridgehead atoms. The zero-order chi connectivity index (χ0) is 18.9. The fourth-order valence-corrected chi connectivity index (χ4v) is 4.33. The molecule has 1 aromatic heterocycles. The van der Waals surface area contributed by atoms with Gasteiger partial charge in [-0.2, -0.15) is 5.26 Å². The summed E-state index contributed by atoms with van der Waals surface area (Å²) in [4.78, 5) is 27.0. The first-order valence-corrected chi connectivity index (χ1v) is 10.2. The van der Waals surface area contributed by atoms with Gasteiger partial charge in [0.2, 0.25) is 11.8 Å². The van der Waals surface area contributed by atoms with Crippen LogP contribution in [0.25, 0.3) is 0 Å². The minimum absolute atomic E-state index is 0.0245. The van der Waals surface area contributed by atoms with Crippen molar-refractivity contribution in [3.8, 4) is 6.07 Å². The summed E-state index contributed by atoms with van der Waals surface area (Å²) in [6, 6.07) is 2.28. The molecule has 7 heteroatoms. The lowest BCUT2D eigenvalue weighted by molar-refractivity contribution is -0.122. The van der Waals surface area contributed by atoms with Crippen LogP contribution in [0.5, 0.6) is 0 Å². The predicted octanol–water partition coefficient (Wildman–Crippen LogP) is 2.68. The van der Waals surface area contributed by atoms with Crippen molar-refractivity contribution in [2.45, 2.75) is 51.9 Å². The Bertz CT molecular complexity index is 678. The summed E-state index contributed by atoms with van der Waals surface area (Å²) in [6.45, 7) is 3.46. The molecular weight excluding hydrogens is 348 g/mol. The van der Waals surface area contributed by atoms with Gasteiger partial charge < -0.3 is 10.6 Å². The zero-order valence-electron chi connectivity index (χ0n) is 15.7. The van der Waals surface area contributed by atoms with Gasteiger partial charge >= 0.3 is 0 Å². The van der Waals surface area contributed by atoms with Gasteiger partial charge in [-0.15, -0.1) is 11.3 Å². The van der Waals surface area contributed by atoms with Gasteiger partial charge in [-0.05, 0) is 44.7 Å². The smallest absolute Gasteiger partial charge is 0.234 e. The molecule has 26 heavy (non-hydrogen) atoms. The van der Waals surface area contributed by atoms with Crippen molar-refractivity contribution >= 4 is 28.2 Å². The standard InChI is InChI=1S/C19H28N4O2S/c1-3-10-21-18(25)13-23(2)11-9-17(24)22-19-15(12-20)14-7-5-4-6-8-16(14)26-19/h3-11,13H2,1-2H3,(H,21,25)(H,22,24). The van der Waals surface area contributed by atoms with E-state index in [0.29, 0.717) is 30.1 Å². The third-order valence-electron chi connectivity index (χ3n) is 4.49. The average Bonchev–Trinajstić information content (AvgIpc) is 2.77. The average molecular weight is 377 g/mol. The molecule has 0 aliphatic heterocycles. The van der Waals surface area contributed by atoms with Gasteiger partial charge in [0.1, 0.15) is 11.1 Å². The van der Waals surface area contributed by atoms with E-state index >= 15 is 0 Å². The largest absolute Gasteiger partial charge is 0.355 e. The third kappa shape index (κ3) is 5.82. The van der Waals surface area contributed by atoms with Gasteiger partial charge in [-0.3, -0.25) is 14.5 Å². The van der Waals surface area contributed by atoms with Gasteiger partial charge in [-0.1, -0.05) is 13.3 Å². The Morgan fingerprint density at radius 3 is 2.73 bits per heavy atom. The van der Waals surface area contributed by atoms with Crippen LogP contribution in [0.3, 0.4) is 0 Å². The number of hydrogen-bond donors (Lipinski definition) is 2. The number of amides is 2. The van der Waals surface area contributed by atoms with E-state index in [-0.39, 0.29) is 18.4 Å². The SMILES string of the molecule is CCCNC(=O)CN(C)CCC(=O)Nc1sc2c(c1C#N)CCCCC2. The normalized spacial score (nSPS) is 13.6. The van der Waals surface area contributed by atoms with Crippen molar-refractivity contribution in [2.24, 2.45) is 0 Å². The molecule has 0 spiro atoms. The molecule has 6 nitrogen and oxygen atoms in total. The van der Waals surface area contributed by atoms with Crippen LogP contribution in [0, 0.1) is 11.3 Å². The number of fused-ring (bicyclic) bond motifs is 1. The topological polar surface area (TPSA) is 85.2 Å². The Balaban J connectivity index is 1.86. The van der Waals surface area contributed by atoms with E-state index in [9.17, 15) is 14.9 Å². The number of nitrogens with zero attached hydrogens (tertiary/aromatic N) is 2. The Morgan fingerprint density at radius 1 is 1.23 bits per heavy atom. The summed E-state index contributed by atoms with van der Waals surface area (Å²) in [5.41, 5.74) is 1.78. The van der Waals surface area contributed by atoms with Crippen LogP contribution >= 0.6 is 11.3 Å². The van der Waals surface area contributed by atoms with Crippen LogP contribution in [-0.4, -0.2) is 43.4 Å². The highest BCUT2D eigenvalue weighted by Gasteiger charge is 2.21. The number of hydrogen-bond acceptors (Lipinski definition) is 5. The van der Waals surface area contributed by atoms with Crippen molar-refractivity contribution in [3.05, 3.63) is 16.0 Å². The monoisotopic (exact) mass is 376 g/mol. The molecule has 0 radical (unpaired) electrons. The molecule has 0 saturated heterocycles. The second-order valence-corrected chi connectivity index (χ2v) is 7.87. The Hall–Kier alpha value is -1.91. The van der Waals surface area contributed by atoms with Gasteiger partial charge in [0.05, 0.1) is 12.1 Å². The molecule has 0 aromatic carbocycles. The number of carbonyl (C=O) groups is 2. The fourth-order valence-electron chi connectivity index (χ4n) is 3.08. The summed E-state index contributed by atoms with van der Waals surface area (Å²) < 4.78 is 0. The fraction of sp³-hybridized carbons (Fsp3) is 0.632. The molecule has 0 atom stereocenters. The maximum atomic E-state index is 12.3. The zero-order valence-corrected chi connectivity index (χ0v) is 16.5. The summed E-state index contributed by atoms with van der Waals surface area (Å²) in [5, 5.41) is 15.9. The minimum atomic E-state index is -0.112. The first kappa shape index (κ1) is 20.4. The van der Waals surface area contributed by atoms with Crippen molar-refractivity contribution in [2.75, 3.05) is 32.0 Å². The molecule has 1 aliphatic carbocycles. The number of anilines is 1. The second kappa shape index (κ2) is 10.3. The van der Waals surface area contributed by atoms with Crippen LogP contribution in [0.15, 0.2) is 0 Å².